The van der Waals surface area contributed by atoms with Crippen molar-refractivity contribution in [3.63, 3.8) is 0 Å². The highest BCUT2D eigenvalue weighted by Gasteiger charge is 2.35. The number of carbonyl (C=O) groups is 1. The molecule has 0 spiro atoms. The molecule has 0 aliphatic heterocycles. The molecule has 0 aliphatic carbocycles. The Bertz CT molecular complexity index is 729. The van der Waals surface area contributed by atoms with Gasteiger partial charge in [0, 0.05) is 38.6 Å². The van der Waals surface area contributed by atoms with E-state index in [-0.39, 0.29) is 17.7 Å². The van der Waals surface area contributed by atoms with Crippen LogP contribution < -0.4 is 10.6 Å². The van der Waals surface area contributed by atoms with Crippen molar-refractivity contribution in [3.05, 3.63) is 41.6 Å². The average Bonchev–Trinajstić information content (AvgIpc) is 2.53. The van der Waals surface area contributed by atoms with E-state index in [0.29, 0.717) is 17.4 Å². The number of anilines is 3. The van der Waals surface area contributed by atoms with Gasteiger partial charge in [-0.25, -0.2) is 4.98 Å². The number of benzene rings is 1. The summed E-state index contributed by atoms with van der Waals surface area (Å²) in [7, 11) is 4.64. The minimum atomic E-state index is -4.54. The SMILES string of the molecule is CNc1nc(Nc2ccc(C(=O)N(C)C)cc2)ncc1C(F)(F)F. The van der Waals surface area contributed by atoms with E-state index in [1.165, 1.54) is 11.9 Å². The van der Waals surface area contributed by atoms with E-state index in [4.69, 9.17) is 0 Å². The summed E-state index contributed by atoms with van der Waals surface area (Å²) in [6.45, 7) is 0. The number of aromatic nitrogens is 2. The number of nitrogens with one attached hydrogen (secondary N) is 2. The Hall–Kier alpha value is -2.84. The molecule has 2 N–H and O–H groups in total. The fourth-order valence-corrected chi connectivity index (χ4v) is 1.92. The first-order valence-electron chi connectivity index (χ1n) is 6.93. The first-order chi connectivity index (χ1) is 11.2. The lowest BCUT2D eigenvalue weighted by Gasteiger charge is -2.13. The summed E-state index contributed by atoms with van der Waals surface area (Å²) >= 11 is 0. The maximum atomic E-state index is 12.8. The van der Waals surface area contributed by atoms with Crippen LogP contribution in [0.1, 0.15) is 15.9 Å². The van der Waals surface area contributed by atoms with Crippen LogP contribution in [0.15, 0.2) is 30.5 Å². The van der Waals surface area contributed by atoms with Crippen molar-refractivity contribution in [2.75, 3.05) is 31.8 Å². The Morgan fingerprint density at radius 3 is 2.29 bits per heavy atom. The van der Waals surface area contributed by atoms with Crippen molar-refractivity contribution in [1.82, 2.24) is 14.9 Å². The Morgan fingerprint density at radius 2 is 1.79 bits per heavy atom. The van der Waals surface area contributed by atoms with Crippen LogP contribution in [0, 0.1) is 0 Å². The van der Waals surface area contributed by atoms with Crippen molar-refractivity contribution >= 4 is 23.4 Å². The number of rotatable bonds is 4. The number of alkyl halides is 3. The molecule has 6 nitrogen and oxygen atoms in total. The molecule has 1 aromatic carbocycles. The summed E-state index contributed by atoms with van der Waals surface area (Å²) in [5.41, 5.74) is 0.101. The lowest BCUT2D eigenvalue weighted by Crippen LogP contribution is -2.21. The summed E-state index contributed by atoms with van der Waals surface area (Å²) < 4.78 is 38.4. The van der Waals surface area contributed by atoms with Crippen molar-refractivity contribution < 1.29 is 18.0 Å². The van der Waals surface area contributed by atoms with E-state index in [1.807, 2.05) is 0 Å². The number of nitrogens with zero attached hydrogens (tertiary/aromatic N) is 3. The third-order valence-electron chi connectivity index (χ3n) is 3.13. The lowest BCUT2D eigenvalue weighted by molar-refractivity contribution is -0.137. The standard InChI is InChI=1S/C15H16F3N5O/c1-19-12-11(15(16,17)18)8-20-14(22-12)21-10-6-4-9(5-7-10)13(24)23(2)3/h4-8H,1-3H3,(H2,19,20,21,22). The molecule has 1 amide bonds. The quantitative estimate of drug-likeness (QED) is 0.896. The van der Waals surface area contributed by atoms with E-state index in [1.54, 1.807) is 38.4 Å². The van der Waals surface area contributed by atoms with Gasteiger partial charge in [0.15, 0.2) is 0 Å². The van der Waals surface area contributed by atoms with Crippen LogP contribution in [-0.2, 0) is 6.18 Å². The minimum Gasteiger partial charge on any atom is -0.372 e. The molecular weight excluding hydrogens is 323 g/mol. The molecular formula is C15H16F3N5O. The topological polar surface area (TPSA) is 70.2 Å². The predicted molar refractivity (Wildman–Crippen MR) is 84.3 cm³/mol. The third kappa shape index (κ3) is 3.92. The molecule has 0 saturated carbocycles. The van der Waals surface area contributed by atoms with Crippen LogP contribution in [0.2, 0.25) is 0 Å². The molecule has 0 fully saturated rings. The summed E-state index contributed by atoms with van der Waals surface area (Å²) in [5.74, 6) is -0.455. The van der Waals surface area contributed by atoms with Crippen molar-refractivity contribution in [2.24, 2.45) is 0 Å². The van der Waals surface area contributed by atoms with Crippen LogP contribution in [0.25, 0.3) is 0 Å². The fraction of sp³-hybridized carbons (Fsp3) is 0.267. The molecule has 24 heavy (non-hydrogen) atoms. The fourth-order valence-electron chi connectivity index (χ4n) is 1.92. The Kier molecular flexibility index (Phi) is 4.91. The number of halogens is 3. The Labute approximate surface area is 136 Å². The third-order valence-corrected chi connectivity index (χ3v) is 3.13. The van der Waals surface area contributed by atoms with Gasteiger partial charge in [-0.1, -0.05) is 0 Å². The monoisotopic (exact) mass is 339 g/mol. The summed E-state index contributed by atoms with van der Waals surface area (Å²) in [6.07, 6.45) is -3.82. The molecule has 1 heterocycles. The van der Waals surface area contributed by atoms with E-state index in [2.05, 4.69) is 20.6 Å². The Morgan fingerprint density at radius 1 is 1.17 bits per heavy atom. The zero-order valence-corrected chi connectivity index (χ0v) is 13.3. The normalized spacial score (nSPS) is 11.1. The molecule has 0 unspecified atom stereocenters. The van der Waals surface area contributed by atoms with Gasteiger partial charge in [-0.3, -0.25) is 4.79 Å². The number of amides is 1. The average molecular weight is 339 g/mol. The molecule has 0 saturated heterocycles. The van der Waals surface area contributed by atoms with Gasteiger partial charge in [0.25, 0.3) is 5.91 Å². The highest BCUT2D eigenvalue weighted by Crippen LogP contribution is 2.33. The van der Waals surface area contributed by atoms with Gasteiger partial charge in [-0.15, -0.1) is 0 Å². The van der Waals surface area contributed by atoms with Gasteiger partial charge >= 0.3 is 6.18 Å². The highest BCUT2D eigenvalue weighted by molar-refractivity contribution is 5.94. The van der Waals surface area contributed by atoms with Crippen molar-refractivity contribution in [1.29, 1.82) is 0 Å². The smallest absolute Gasteiger partial charge is 0.372 e. The Balaban J connectivity index is 2.21. The number of carbonyl (C=O) groups excluding carboxylic acids is 1. The molecule has 0 aliphatic rings. The molecule has 2 rings (SSSR count). The summed E-state index contributed by atoms with van der Waals surface area (Å²) in [6, 6.07) is 6.45. The van der Waals surface area contributed by atoms with E-state index < -0.39 is 11.7 Å². The van der Waals surface area contributed by atoms with Crippen LogP contribution in [-0.4, -0.2) is 41.9 Å². The van der Waals surface area contributed by atoms with Crippen LogP contribution in [0.3, 0.4) is 0 Å². The molecule has 0 atom stereocenters. The van der Waals surface area contributed by atoms with Crippen LogP contribution in [0.5, 0.6) is 0 Å². The van der Waals surface area contributed by atoms with E-state index >= 15 is 0 Å². The van der Waals surface area contributed by atoms with E-state index in [0.717, 1.165) is 0 Å². The zero-order valence-electron chi connectivity index (χ0n) is 13.3. The molecule has 9 heteroatoms. The number of hydrogen-bond acceptors (Lipinski definition) is 5. The van der Waals surface area contributed by atoms with Crippen LogP contribution >= 0.6 is 0 Å². The van der Waals surface area contributed by atoms with Gasteiger partial charge in [0.05, 0.1) is 0 Å². The van der Waals surface area contributed by atoms with Crippen LogP contribution in [0.4, 0.5) is 30.6 Å². The van der Waals surface area contributed by atoms with E-state index in [9.17, 15) is 18.0 Å². The van der Waals surface area contributed by atoms with Crippen molar-refractivity contribution in [3.8, 4) is 0 Å². The van der Waals surface area contributed by atoms with Gasteiger partial charge in [0.1, 0.15) is 11.4 Å². The predicted octanol–water partition coefficient (Wildman–Crippen LogP) is 2.98. The second-order valence-corrected chi connectivity index (χ2v) is 5.11. The minimum absolute atomic E-state index is 0.0130. The highest BCUT2D eigenvalue weighted by atomic mass is 19.4. The largest absolute Gasteiger partial charge is 0.421 e. The maximum Gasteiger partial charge on any atom is 0.421 e. The summed E-state index contributed by atoms with van der Waals surface area (Å²) in [5, 5.41) is 5.20. The number of hydrogen-bond donors (Lipinski definition) is 2. The maximum absolute atomic E-state index is 12.8. The first-order valence-corrected chi connectivity index (χ1v) is 6.93. The zero-order chi connectivity index (χ0) is 17.9. The molecule has 0 radical (unpaired) electrons. The summed E-state index contributed by atoms with van der Waals surface area (Å²) in [4.78, 5) is 20.7. The van der Waals surface area contributed by atoms with Crippen molar-refractivity contribution in [2.45, 2.75) is 6.18 Å². The van der Waals surface area contributed by atoms with Gasteiger partial charge in [-0.05, 0) is 24.3 Å². The molecule has 128 valence electrons. The molecule has 0 bridgehead atoms. The first kappa shape index (κ1) is 17.5. The van der Waals surface area contributed by atoms with Gasteiger partial charge in [-0.2, -0.15) is 18.2 Å². The second-order valence-electron chi connectivity index (χ2n) is 5.11. The lowest BCUT2D eigenvalue weighted by atomic mass is 10.2. The molecule has 2 aromatic rings. The van der Waals surface area contributed by atoms with Gasteiger partial charge in [0.2, 0.25) is 5.95 Å². The molecule has 1 aromatic heterocycles. The van der Waals surface area contributed by atoms with Gasteiger partial charge < -0.3 is 15.5 Å². The second kappa shape index (κ2) is 6.73.